The summed E-state index contributed by atoms with van der Waals surface area (Å²) in [5.74, 6) is -1.70. The van der Waals surface area contributed by atoms with Crippen molar-refractivity contribution in [2.75, 3.05) is 19.0 Å². The van der Waals surface area contributed by atoms with Gasteiger partial charge in [0.2, 0.25) is 5.91 Å². The maximum absolute atomic E-state index is 12.5. The third-order valence-electron chi connectivity index (χ3n) is 5.57. The minimum Gasteiger partial charge on any atom is -0.494 e. The maximum atomic E-state index is 12.5. The van der Waals surface area contributed by atoms with E-state index in [4.69, 9.17) is 9.47 Å². The molecule has 10 nitrogen and oxygen atoms in total. The Bertz CT molecular complexity index is 851. The van der Waals surface area contributed by atoms with Gasteiger partial charge in [0.1, 0.15) is 5.75 Å². The summed E-state index contributed by atoms with van der Waals surface area (Å²) in [6.07, 6.45) is 3.10. The molecule has 1 saturated carbocycles. The van der Waals surface area contributed by atoms with E-state index in [1.807, 2.05) is 0 Å². The van der Waals surface area contributed by atoms with Crippen molar-refractivity contribution in [3.05, 3.63) is 28.3 Å². The Morgan fingerprint density at radius 2 is 2.00 bits per heavy atom. The summed E-state index contributed by atoms with van der Waals surface area (Å²) >= 11 is 0. The summed E-state index contributed by atoms with van der Waals surface area (Å²) in [5, 5.41) is 13.4. The average molecular weight is 419 g/mol. The fourth-order valence-electron chi connectivity index (χ4n) is 3.91. The summed E-state index contributed by atoms with van der Waals surface area (Å²) in [4.78, 5) is 49.2. The number of carbonyl (C=O) groups is 3. The molecule has 0 unspecified atom stereocenters. The van der Waals surface area contributed by atoms with Gasteiger partial charge in [-0.3, -0.25) is 24.5 Å². The number of benzene rings is 1. The van der Waals surface area contributed by atoms with Gasteiger partial charge >= 0.3 is 5.97 Å². The second-order valence-corrected chi connectivity index (χ2v) is 7.60. The number of methoxy groups -OCH3 is 1. The Hall–Kier alpha value is -3.17. The van der Waals surface area contributed by atoms with Gasteiger partial charge in [-0.05, 0) is 25.8 Å². The quantitative estimate of drug-likeness (QED) is 0.408. The standard InChI is InChI=1S/C20H25N3O7/c1-12(19(25)21-16-8-7-15(23(27)28)10-17(16)29-2)30-20(26)13-9-18(24)22(11-13)14-5-3-4-6-14/h7-8,10,12-14H,3-6,9,11H2,1-2H3,(H,21,25)/t12-,13+/m0/s1. The van der Waals surface area contributed by atoms with Crippen molar-refractivity contribution in [3.8, 4) is 5.75 Å². The number of amides is 2. The predicted molar refractivity (Wildman–Crippen MR) is 106 cm³/mol. The molecular weight excluding hydrogens is 394 g/mol. The number of ether oxygens (including phenoxy) is 2. The molecule has 1 aliphatic heterocycles. The molecule has 0 aromatic heterocycles. The van der Waals surface area contributed by atoms with E-state index in [2.05, 4.69) is 5.32 Å². The van der Waals surface area contributed by atoms with Crippen molar-refractivity contribution >= 4 is 29.2 Å². The second-order valence-electron chi connectivity index (χ2n) is 7.60. The SMILES string of the molecule is COc1cc([N+](=O)[O-])ccc1NC(=O)[C@H](C)OC(=O)[C@@H]1CC(=O)N(C2CCCC2)C1. The number of nitro benzene ring substituents is 1. The topological polar surface area (TPSA) is 128 Å². The van der Waals surface area contributed by atoms with Crippen LogP contribution in [0.5, 0.6) is 5.75 Å². The molecule has 1 aromatic rings. The van der Waals surface area contributed by atoms with Gasteiger partial charge in [0.05, 0.1) is 29.7 Å². The van der Waals surface area contributed by atoms with Crippen LogP contribution in [0.1, 0.15) is 39.0 Å². The normalized spacial score (nSPS) is 20.1. The Kier molecular flexibility index (Phi) is 6.53. The first-order valence-electron chi connectivity index (χ1n) is 9.93. The Morgan fingerprint density at radius 3 is 2.63 bits per heavy atom. The number of carbonyl (C=O) groups excluding carboxylic acids is 3. The van der Waals surface area contributed by atoms with E-state index < -0.39 is 28.8 Å². The smallest absolute Gasteiger partial charge is 0.312 e. The largest absolute Gasteiger partial charge is 0.494 e. The van der Waals surface area contributed by atoms with Crippen LogP contribution < -0.4 is 10.1 Å². The van der Waals surface area contributed by atoms with Crippen LogP contribution in [0, 0.1) is 16.0 Å². The molecule has 1 saturated heterocycles. The van der Waals surface area contributed by atoms with Gasteiger partial charge in [0.15, 0.2) is 6.10 Å². The number of nitrogens with zero attached hydrogens (tertiary/aromatic N) is 2. The van der Waals surface area contributed by atoms with Crippen molar-refractivity contribution in [3.63, 3.8) is 0 Å². The molecular formula is C20H25N3O7. The fourth-order valence-corrected chi connectivity index (χ4v) is 3.91. The van der Waals surface area contributed by atoms with Crippen LogP contribution in [0.2, 0.25) is 0 Å². The third kappa shape index (κ3) is 4.69. The lowest BCUT2D eigenvalue weighted by atomic mass is 10.1. The van der Waals surface area contributed by atoms with Crippen LogP contribution in [0.15, 0.2) is 18.2 Å². The van der Waals surface area contributed by atoms with Crippen molar-refractivity contribution in [2.24, 2.45) is 5.92 Å². The number of anilines is 1. The molecule has 10 heteroatoms. The van der Waals surface area contributed by atoms with E-state index in [0.29, 0.717) is 6.54 Å². The number of nitrogens with one attached hydrogen (secondary N) is 1. The van der Waals surface area contributed by atoms with Gasteiger partial charge in [-0.25, -0.2) is 0 Å². The van der Waals surface area contributed by atoms with Crippen LogP contribution in [0.4, 0.5) is 11.4 Å². The van der Waals surface area contributed by atoms with Crippen molar-refractivity contribution in [1.29, 1.82) is 0 Å². The van der Waals surface area contributed by atoms with Gasteiger partial charge in [-0.2, -0.15) is 0 Å². The Morgan fingerprint density at radius 1 is 1.30 bits per heavy atom. The molecule has 0 bridgehead atoms. The summed E-state index contributed by atoms with van der Waals surface area (Å²) in [6, 6.07) is 3.97. The van der Waals surface area contributed by atoms with Crippen molar-refractivity contribution < 1.29 is 28.8 Å². The monoisotopic (exact) mass is 419 g/mol. The molecule has 1 aromatic carbocycles. The molecule has 2 amide bonds. The van der Waals surface area contributed by atoms with E-state index in [1.165, 1.54) is 32.2 Å². The highest BCUT2D eigenvalue weighted by Crippen LogP contribution is 2.31. The fraction of sp³-hybridized carbons (Fsp3) is 0.550. The van der Waals surface area contributed by atoms with E-state index in [1.54, 1.807) is 4.90 Å². The molecule has 2 atom stereocenters. The Labute approximate surface area is 173 Å². The zero-order valence-corrected chi connectivity index (χ0v) is 17.0. The van der Waals surface area contributed by atoms with Gasteiger partial charge < -0.3 is 19.7 Å². The molecule has 1 N–H and O–H groups in total. The lowest BCUT2D eigenvalue weighted by Gasteiger charge is -2.24. The Balaban J connectivity index is 1.57. The lowest BCUT2D eigenvalue weighted by molar-refractivity contribution is -0.384. The van der Waals surface area contributed by atoms with Crippen LogP contribution in [0.3, 0.4) is 0 Å². The third-order valence-corrected chi connectivity index (χ3v) is 5.57. The number of non-ortho nitro benzene ring substituents is 1. The summed E-state index contributed by atoms with van der Waals surface area (Å²) in [5.41, 5.74) is 0.0431. The predicted octanol–water partition coefficient (Wildman–Crippen LogP) is 2.26. The van der Waals surface area contributed by atoms with Gasteiger partial charge in [-0.1, -0.05) is 12.8 Å². The average Bonchev–Trinajstić information content (AvgIpc) is 3.37. The highest BCUT2D eigenvalue weighted by molar-refractivity contribution is 5.97. The van der Waals surface area contributed by atoms with Crippen LogP contribution >= 0.6 is 0 Å². The number of hydrogen-bond acceptors (Lipinski definition) is 7. The molecule has 162 valence electrons. The van der Waals surface area contributed by atoms with E-state index in [9.17, 15) is 24.5 Å². The number of rotatable bonds is 7. The zero-order valence-electron chi connectivity index (χ0n) is 17.0. The second kappa shape index (κ2) is 9.10. The molecule has 0 spiro atoms. The van der Waals surface area contributed by atoms with Crippen molar-refractivity contribution in [2.45, 2.75) is 51.2 Å². The molecule has 2 aliphatic rings. The number of nitro groups is 1. The van der Waals surface area contributed by atoms with Crippen LogP contribution in [0.25, 0.3) is 0 Å². The molecule has 1 aliphatic carbocycles. The van der Waals surface area contributed by atoms with Gasteiger partial charge in [-0.15, -0.1) is 0 Å². The van der Waals surface area contributed by atoms with Crippen molar-refractivity contribution in [1.82, 2.24) is 4.90 Å². The van der Waals surface area contributed by atoms with Crippen LogP contribution in [-0.4, -0.2) is 53.4 Å². The minimum absolute atomic E-state index is 0.0448. The maximum Gasteiger partial charge on any atom is 0.312 e. The first kappa shape index (κ1) is 21.5. The highest BCUT2D eigenvalue weighted by Gasteiger charge is 2.40. The highest BCUT2D eigenvalue weighted by atomic mass is 16.6. The molecule has 0 radical (unpaired) electrons. The molecule has 3 rings (SSSR count). The number of hydrogen-bond donors (Lipinski definition) is 1. The lowest BCUT2D eigenvalue weighted by Crippen LogP contribution is -2.36. The zero-order chi connectivity index (χ0) is 21.8. The van der Waals surface area contributed by atoms with Gasteiger partial charge in [0.25, 0.3) is 11.6 Å². The minimum atomic E-state index is -1.10. The summed E-state index contributed by atoms with van der Waals surface area (Å²) in [7, 11) is 1.32. The summed E-state index contributed by atoms with van der Waals surface area (Å²) < 4.78 is 10.4. The number of esters is 1. The summed E-state index contributed by atoms with van der Waals surface area (Å²) in [6.45, 7) is 1.75. The van der Waals surface area contributed by atoms with E-state index in [0.717, 1.165) is 25.7 Å². The van der Waals surface area contributed by atoms with Crippen LogP contribution in [-0.2, 0) is 19.1 Å². The molecule has 2 fully saturated rings. The molecule has 30 heavy (non-hydrogen) atoms. The first-order chi connectivity index (χ1) is 14.3. The van der Waals surface area contributed by atoms with E-state index in [-0.39, 0.29) is 35.5 Å². The first-order valence-corrected chi connectivity index (χ1v) is 9.93. The van der Waals surface area contributed by atoms with Gasteiger partial charge in [0, 0.05) is 25.1 Å². The van der Waals surface area contributed by atoms with E-state index >= 15 is 0 Å². The number of likely N-dealkylation sites (tertiary alicyclic amines) is 1. The molecule has 1 heterocycles.